The van der Waals surface area contributed by atoms with Gasteiger partial charge >= 0.3 is 0 Å². The lowest BCUT2D eigenvalue weighted by Crippen LogP contribution is -2.58. The molecule has 3 aromatic rings. The monoisotopic (exact) mass is 430 g/mol. The van der Waals surface area contributed by atoms with Crippen LogP contribution >= 0.6 is 0 Å². The van der Waals surface area contributed by atoms with E-state index in [1.807, 2.05) is 6.07 Å². The molecule has 164 valence electrons. The zero-order valence-electron chi connectivity index (χ0n) is 16.8. The van der Waals surface area contributed by atoms with Crippen LogP contribution in [0.5, 0.6) is 17.2 Å². The largest absolute Gasteiger partial charge is 0.504 e. The molecule has 4 rings (SSSR count). The molecular formula is C22H22O9. The third-order valence-electron chi connectivity index (χ3n) is 5.30. The van der Waals surface area contributed by atoms with Gasteiger partial charge in [-0.3, -0.25) is 4.79 Å². The minimum atomic E-state index is -1.57. The smallest absolute Gasteiger partial charge is 0.229 e. The van der Waals surface area contributed by atoms with Gasteiger partial charge in [0.25, 0.3) is 0 Å². The van der Waals surface area contributed by atoms with Crippen LogP contribution in [0.4, 0.5) is 0 Å². The number of fused-ring (bicyclic) bond motifs is 1. The molecule has 9 heteroatoms. The van der Waals surface area contributed by atoms with E-state index >= 15 is 0 Å². The number of methoxy groups -OCH3 is 1. The molecule has 0 saturated carbocycles. The second-order valence-electron chi connectivity index (χ2n) is 7.27. The van der Waals surface area contributed by atoms with Gasteiger partial charge in [-0.1, -0.05) is 30.3 Å². The first-order valence-corrected chi connectivity index (χ1v) is 9.60. The molecule has 2 heterocycles. The third kappa shape index (κ3) is 3.61. The number of hydrogen-bond donors (Lipinski definition) is 4. The zero-order chi connectivity index (χ0) is 22.3. The fourth-order valence-corrected chi connectivity index (χ4v) is 3.56. The average Bonchev–Trinajstić information content (AvgIpc) is 2.77. The first-order chi connectivity index (χ1) is 14.8. The molecule has 2 aromatic carbocycles. The van der Waals surface area contributed by atoms with Crippen LogP contribution in [0.15, 0.2) is 51.9 Å². The molecule has 1 saturated heterocycles. The summed E-state index contributed by atoms with van der Waals surface area (Å²) >= 11 is 0. The van der Waals surface area contributed by atoms with Gasteiger partial charge in [-0.2, -0.15) is 0 Å². The molecule has 0 radical (unpaired) electrons. The maximum Gasteiger partial charge on any atom is 0.229 e. The van der Waals surface area contributed by atoms with E-state index in [1.165, 1.54) is 26.4 Å². The highest BCUT2D eigenvalue weighted by Crippen LogP contribution is 2.43. The van der Waals surface area contributed by atoms with Crippen molar-refractivity contribution in [1.82, 2.24) is 0 Å². The van der Waals surface area contributed by atoms with Crippen LogP contribution in [0.1, 0.15) is 6.92 Å². The number of aliphatic hydroxyl groups excluding tert-OH is 3. The van der Waals surface area contributed by atoms with Crippen molar-refractivity contribution in [2.45, 2.75) is 37.6 Å². The van der Waals surface area contributed by atoms with Crippen molar-refractivity contribution in [2.24, 2.45) is 0 Å². The summed E-state index contributed by atoms with van der Waals surface area (Å²) in [6.07, 6.45) is -5.27. The van der Waals surface area contributed by atoms with Crippen LogP contribution in [-0.2, 0) is 4.74 Å². The Morgan fingerprint density at radius 1 is 1.03 bits per heavy atom. The Bertz CT molecular complexity index is 1140. The maximum absolute atomic E-state index is 13.1. The molecule has 4 N–H and O–H groups in total. The molecular weight excluding hydrogens is 408 g/mol. The summed E-state index contributed by atoms with van der Waals surface area (Å²) in [5.41, 5.74) is 0.445. The zero-order valence-corrected chi connectivity index (χ0v) is 16.8. The number of benzene rings is 2. The summed E-state index contributed by atoms with van der Waals surface area (Å²) in [5, 5.41) is 40.7. The van der Waals surface area contributed by atoms with Crippen LogP contribution in [0.25, 0.3) is 22.1 Å². The molecule has 0 bridgehead atoms. The van der Waals surface area contributed by atoms with Crippen molar-refractivity contribution in [2.75, 3.05) is 7.11 Å². The fraction of sp³-hybridized carbons (Fsp3) is 0.318. The van der Waals surface area contributed by atoms with Crippen molar-refractivity contribution >= 4 is 11.0 Å². The molecule has 0 spiro atoms. The van der Waals surface area contributed by atoms with E-state index in [1.54, 1.807) is 24.3 Å². The van der Waals surface area contributed by atoms with Crippen molar-refractivity contribution in [3.05, 3.63) is 52.9 Å². The highest BCUT2D eigenvalue weighted by molar-refractivity contribution is 5.91. The average molecular weight is 430 g/mol. The minimum Gasteiger partial charge on any atom is -0.504 e. The van der Waals surface area contributed by atoms with E-state index in [2.05, 4.69) is 0 Å². The van der Waals surface area contributed by atoms with Crippen LogP contribution in [-0.4, -0.2) is 58.2 Å². The van der Waals surface area contributed by atoms with E-state index in [-0.39, 0.29) is 28.0 Å². The van der Waals surface area contributed by atoms with Gasteiger partial charge in [-0.05, 0) is 12.5 Å². The summed E-state index contributed by atoms with van der Waals surface area (Å²) in [6.45, 7) is 1.51. The van der Waals surface area contributed by atoms with Crippen LogP contribution < -0.4 is 14.9 Å². The first kappa shape index (κ1) is 21.1. The Morgan fingerprint density at radius 2 is 1.74 bits per heavy atom. The van der Waals surface area contributed by atoms with E-state index in [0.29, 0.717) is 5.56 Å². The summed E-state index contributed by atoms with van der Waals surface area (Å²) in [6, 6.07) is 10.2. The van der Waals surface area contributed by atoms with Crippen LogP contribution in [0, 0.1) is 0 Å². The Morgan fingerprint density at radius 3 is 2.42 bits per heavy atom. The summed E-state index contributed by atoms with van der Waals surface area (Å²) in [4.78, 5) is 13.1. The van der Waals surface area contributed by atoms with E-state index in [9.17, 15) is 25.2 Å². The first-order valence-electron chi connectivity index (χ1n) is 9.60. The number of phenolic OH excluding ortho intramolecular Hbond substituents is 1. The van der Waals surface area contributed by atoms with Gasteiger partial charge in [0.2, 0.25) is 17.5 Å². The predicted octanol–water partition coefficient (Wildman–Crippen LogP) is 1.38. The number of rotatable bonds is 4. The van der Waals surface area contributed by atoms with E-state index in [4.69, 9.17) is 18.6 Å². The fourth-order valence-electron chi connectivity index (χ4n) is 3.56. The lowest BCUT2D eigenvalue weighted by molar-refractivity contribution is -0.268. The number of aliphatic hydroxyl groups is 3. The van der Waals surface area contributed by atoms with Gasteiger partial charge < -0.3 is 39.1 Å². The highest BCUT2D eigenvalue weighted by Gasteiger charge is 2.43. The van der Waals surface area contributed by atoms with Crippen molar-refractivity contribution in [3.63, 3.8) is 0 Å². The molecule has 1 fully saturated rings. The number of aromatic hydroxyl groups is 1. The Hall–Kier alpha value is -3.11. The molecule has 9 nitrogen and oxygen atoms in total. The Balaban J connectivity index is 1.79. The molecule has 1 aliphatic rings. The minimum absolute atomic E-state index is 0.0249. The highest BCUT2D eigenvalue weighted by atomic mass is 16.7. The van der Waals surface area contributed by atoms with Crippen LogP contribution in [0.3, 0.4) is 0 Å². The molecule has 1 aliphatic heterocycles. The third-order valence-corrected chi connectivity index (χ3v) is 5.30. The van der Waals surface area contributed by atoms with Crippen molar-refractivity contribution in [1.29, 1.82) is 0 Å². The lowest BCUT2D eigenvalue weighted by atomic mass is 10.00. The number of hydrogen-bond acceptors (Lipinski definition) is 9. The van der Waals surface area contributed by atoms with Crippen molar-refractivity contribution in [3.8, 4) is 28.4 Å². The van der Waals surface area contributed by atoms with E-state index < -0.39 is 41.9 Å². The second-order valence-corrected chi connectivity index (χ2v) is 7.27. The quantitative estimate of drug-likeness (QED) is 0.483. The lowest BCUT2D eigenvalue weighted by Gasteiger charge is -2.39. The van der Waals surface area contributed by atoms with Gasteiger partial charge in [0.05, 0.1) is 18.8 Å². The van der Waals surface area contributed by atoms with Gasteiger partial charge in [0.15, 0.2) is 11.5 Å². The topological polar surface area (TPSA) is 139 Å². The molecule has 5 atom stereocenters. The SMILES string of the molecule is COc1c(O[C@@H]2O[C@@H](C)[C@H](O)[C@H](O)[C@H]2O)cc2occ(-c3ccccc3)c(=O)c2c1O. The molecule has 0 amide bonds. The molecule has 0 aliphatic carbocycles. The van der Waals surface area contributed by atoms with Gasteiger partial charge in [-0.25, -0.2) is 0 Å². The molecule has 31 heavy (non-hydrogen) atoms. The molecule has 1 aromatic heterocycles. The summed E-state index contributed by atoms with van der Waals surface area (Å²) in [5.74, 6) is -0.752. The van der Waals surface area contributed by atoms with E-state index in [0.717, 1.165) is 0 Å². The summed E-state index contributed by atoms with van der Waals surface area (Å²) < 4.78 is 21.9. The van der Waals surface area contributed by atoms with Crippen molar-refractivity contribution < 1.29 is 39.1 Å². The van der Waals surface area contributed by atoms with Gasteiger partial charge in [0, 0.05) is 6.07 Å². The second kappa shape index (κ2) is 8.20. The number of phenols is 1. The molecule has 0 unspecified atom stereocenters. The normalized spacial score (nSPS) is 26.0. The Labute approximate surface area is 176 Å². The van der Waals surface area contributed by atoms with Gasteiger partial charge in [-0.15, -0.1) is 0 Å². The van der Waals surface area contributed by atoms with Crippen LogP contribution in [0.2, 0.25) is 0 Å². The predicted molar refractivity (Wildman–Crippen MR) is 109 cm³/mol. The standard InChI is InChI=1S/C22H22O9/c1-10-16(23)19(26)20(27)22(30-10)31-14-8-13-15(18(25)21(14)28-2)17(24)12(9-29-13)11-6-4-3-5-7-11/h3-10,16,19-20,22-23,25-27H,1-2H3/t10-,16-,19-,20+,22-/m0/s1. The number of ether oxygens (including phenoxy) is 3. The Kier molecular flexibility index (Phi) is 5.59. The maximum atomic E-state index is 13.1. The van der Waals surface area contributed by atoms with Gasteiger partial charge in [0.1, 0.15) is 35.5 Å². The summed E-state index contributed by atoms with van der Waals surface area (Å²) in [7, 11) is 1.27.